The van der Waals surface area contributed by atoms with Gasteiger partial charge in [0.25, 0.3) is 0 Å². The van der Waals surface area contributed by atoms with Crippen LogP contribution < -0.4 is 10.6 Å². The molecule has 2 amide bonds. The summed E-state index contributed by atoms with van der Waals surface area (Å²) in [6, 6.07) is 11.1. The average molecular weight is 289 g/mol. The first-order chi connectivity index (χ1) is 10.2. The number of aromatic nitrogens is 1. The summed E-state index contributed by atoms with van der Waals surface area (Å²) in [5, 5.41) is 18.2. The van der Waals surface area contributed by atoms with Crippen LogP contribution in [0.3, 0.4) is 0 Å². The number of carbonyl (C=O) groups is 1. The maximum absolute atomic E-state index is 11.8. The van der Waals surface area contributed by atoms with E-state index in [-0.39, 0.29) is 18.6 Å². The minimum atomic E-state index is -0.345. The third-order valence-electron chi connectivity index (χ3n) is 3.13. The molecule has 0 aliphatic rings. The molecule has 0 bridgehead atoms. The van der Waals surface area contributed by atoms with Gasteiger partial charge in [0.1, 0.15) is 5.76 Å². The van der Waals surface area contributed by atoms with Gasteiger partial charge in [-0.05, 0) is 18.9 Å². The van der Waals surface area contributed by atoms with Crippen molar-refractivity contribution >= 4 is 11.8 Å². The van der Waals surface area contributed by atoms with Crippen molar-refractivity contribution in [2.45, 2.75) is 19.3 Å². The second-order valence-electron chi connectivity index (χ2n) is 4.78. The second kappa shape index (κ2) is 7.44. The molecule has 0 saturated heterocycles. The Labute approximate surface area is 123 Å². The molecule has 0 saturated carbocycles. The number of nitrogens with zero attached hydrogens (tertiary/aromatic N) is 1. The summed E-state index contributed by atoms with van der Waals surface area (Å²) in [6.07, 6.45) is 0.591. The third-order valence-corrected chi connectivity index (χ3v) is 3.13. The lowest BCUT2D eigenvalue weighted by Crippen LogP contribution is -2.32. The van der Waals surface area contributed by atoms with Gasteiger partial charge in [-0.1, -0.05) is 35.5 Å². The number of aliphatic hydroxyl groups is 1. The van der Waals surface area contributed by atoms with E-state index < -0.39 is 0 Å². The molecule has 2 rings (SSSR count). The van der Waals surface area contributed by atoms with E-state index in [2.05, 4.69) is 15.8 Å². The zero-order chi connectivity index (χ0) is 15.1. The van der Waals surface area contributed by atoms with E-state index in [9.17, 15) is 4.79 Å². The number of urea groups is 1. The van der Waals surface area contributed by atoms with E-state index in [1.165, 1.54) is 0 Å². The minimum Gasteiger partial charge on any atom is -0.396 e. The van der Waals surface area contributed by atoms with Crippen molar-refractivity contribution in [3.05, 3.63) is 47.7 Å². The third kappa shape index (κ3) is 4.61. The number of nitrogens with one attached hydrogen (secondary N) is 2. The van der Waals surface area contributed by atoms with Crippen LogP contribution in [0.15, 0.2) is 40.9 Å². The predicted octanol–water partition coefficient (Wildman–Crippen LogP) is 2.27. The molecule has 1 aromatic carbocycles. The van der Waals surface area contributed by atoms with Crippen molar-refractivity contribution in [1.82, 2.24) is 10.5 Å². The monoisotopic (exact) mass is 289 g/mol. The molecule has 112 valence electrons. The molecule has 6 nitrogen and oxygen atoms in total. The van der Waals surface area contributed by atoms with Crippen molar-refractivity contribution < 1.29 is 14.4 Å². The lowest BCUT2D eigenvalue weighted by Gasteiger charge is -2.17. The average Bonchev–Trinajstić information content (AvgIpc) is 2.89. The zero-order valence-electron chi connectivity index (χ0n) is 11.9. The van der Waals surface area contributed by atoms with Crippen molar-refractivity contribution in [3.63, 3.8) is 0 Å². The Bertz CT molecular complexity index is 569. The summed E-state index contributed by atoms with van der Waals surface area (Å²) < 4.78 is 4.87. The summed E-state index contributed by atoms with van der Waals surface area (Å²) >= 11 is 0. The van der Waals surface area contributed by atoms with Crippen LogP contribution in [0.25, 0.3) is 0 Å². The van der Waals surface area contributed by atoms with Gasteiger partial charge < -0.3 is 14.9 Å². The molecule has 0 aliphatic carbocycles. The maximum Gasteiger partial charge on any atom is 0.320 e. The summed E-state index contributed by atoms with van der Waals surface area (Å²) in [6.45, 7) is 2.27. The predicted molar refractivity (Wildman–Crippen MR) is 79.1 cm³/mol. The number of hydrogen-bond acceptors (Lipinski definition) is 4. The number of aryl methyl sites for hydroxylation is 1. The summed E-state index contributed by atoms with van der Waals surface area (Å²) in [5.41, 5.74) is 1.09. The molecule has 0 spiro atoms. The first-order valence-electron chi connectivity index (χ1n) is 6.83. The largest absolute Gasteiger partial charge is 0.396 e. The highest BCUT2D eigenvalue weighted by Gasteiger charge is 2.13. The molecule has 1 heterocycles. The van der Waals surface area contributed by atoms with Crippen molar-refractivity contribution in [1.29, 1.82) is 0 Å². The van der Waals surface area contributed by atoms with Crippen LogP contribution in [0.4, 0.5) is 10.6 Å². The molecule has 2 aromatic rings. The molecule has 3 N–H and O–H groups in total. The van der Waals surface area contributed by atoms with Crippen molar-refractivity contribution in [2.75, 3.05) is 18.5 Å². The number of anilines is 1. The van der Waals surface area contributed by atoms with Crippen LogP contribution in [-0.4, -0.2) is 29.4 Å². The summed E-state index contributed by atoms with van der Waals surface area (Å²) in [7, 11) is 0. The second-order valence-corrected chi connectivity index (χ2v) is 4.78. The van der Waals surface area contributed by atoms with Gasteiger partial charge in [0.05, 0.1) is 0 Å². The van der Waals surface area contributed by atoms with E-state index in [4.69, 9.17) is 9.63 Å². The Hall–Kier alpha value is -2.34. The van der Waals surface area contributed by atoms with Gasteiger partial charge in [0.15, 0.2) is 5.82 Å². The normalized spacial score (nSPS) is 11.9. The highest BCUT2D eigenvalue weighted by Crippen LogP contribution is 2.18. The van der Waals surface area contributed by atoms with Gasteiger partial charge in [-0.3, -0.25) is 5.32 Å². The van der Waals surface area contributed by atoms with Crippen LogP contribution in [-0.2, 0) is 0 Å². The van der Waals surface area contributed by atoms with E-state index in [1.807, 2.05) is 30.3 Å². The van der Waals surface area contributed by atoms with Gasteiger partial charge in [0, 0.05) is 25.1 Å². The zero-order valence-corrected chi connectivity index (χ0v) is 11.9. The quantitative estimate of drug-likeness (QED) is 0.761. The number of hydrogen-bond donors (Lipinski definition) is 3. The van der Waals surface area contributed by atoms with Crippen LogP contribution in [0.2, 0.25) is 0 Å². The van der Waals surface area contributed by atoms with E-state index in [0.717, 1.165) is 5.56 Å². The van der Waals surface area contributed by atoms with Gasteiger partial charge in [-0.15, -0.1) is 0 Å². The fourth-order valence-electron chi connectivity index (χ4n) is 2.07. The Balaban J connectivity index is 1.88. The fourth-order valence-corrected chi connectivity index (χ4v) is 2.07. The Morgan fingerprint density at radius 3 is 2.76 bits per heavy atom. The molecule has 6 heteroatoms. The topological polar surface area (TPSA) is 87.4 Å². The standard InChI is InChI=1S/C15H19N3O3/c1-11-9-14(18-21-11)17-15(20)16-10-13(7-8-19)12-5-3-2-4-6-12/h2-6,9,13,19H,7-8,10H2,1H3,(H2,16,17,18,20). The first-order valence-corrected chi connectivity index (χ1v) is 6.83. The van der Waals surface area contributed by atoms with Gasteiger partial charge in [-0.25, -0.2) is 4.79 Å². The van der Waals surface area contributed by atoms with E-state index in [0.29, 0.717) is 24.5 Å². The lowest BCUT2D eigenvalue weighted by atomic mass is 9.96. The maximum atomic E-state index is 11.8. The molecule has 1 aromatic heterocycles. The smallest absolute Gasteiger partial charge is 0.320 e. The van der Waals surface area contributed by atoms with Crippen LogP contribution in [0, 0.1) is 6.92 Å². The Morgan fingerprint density at radius 1 is 1.38 bits per heavy atom. The SMILES string of the molecule is Cc1cc(NC(=O)NCC(CCO)c2ccccc2)no1. The number of rotatable bonds is 6. The molecular formula is C15H19N3O3. The molecule has 0 radical (unpaired) electrons. The minimum absolute atomic E-state index is 0.0704. The van der Waals surface area contributed by atoms with Crippen LogP contribution >= 0.6 is 0 Å². The molecule has 0 aliphatic heterocycles. The highest BCUT2D eigenvalue weighted by atomic mass is 16.5. The number of amides is 2. The van der Waals surface area contributed by atoms with Crippen molar-refractivity contribution in [3.8, 4) is 0 Å². The molecular weight excluding hydrogens is 270 g/mol. The molecule has 1 atom stereocenters. The molecule has 0 fully saturated rings. The first kappa shape index (κ1) is 15.1. The van der Waals surface area contributed by atoms with Crippen LogP contribution in [0.5, 0.6) is 0 Å². The van der Waals surface area contributed by atoms with Gasteiger partial charge in [0.2, 0.25) is 0 Å². The Kier molecular flexibility index (Phi) is 5.34. The highest BCUT2D eigenvalue weighted by molar-refractivity contribution is 5.88. The summed E-state index contributed by atoms with van der Waals surface area (Å²) in [5.74, 6) is 1.08. The number of benzene rings is 1. The fraction of sp³-hybridized carbons (Fsp3) is 0.333. The number of carbonyl (C=O) groups excluding carboxylic acids is 1. The number of aliphatic hydroxyl groups excluding tert-OH is 1. The van der Waals surface area contributed by atoms with Gasteiger partial charge >= 0.3 is 6.03 Å². The van der Waals surface area contributed by atoms with E-state index >= 15 is 0 Å². The molecule has 1 unspecified atom stereocenters. The van der Waals surface area contributed by atoms with Crippen LogP contribution in [0.1, 0.15) is 23.7 Å². The molecule has 21 heavy (non-hydrogen) atoms. The van der Waals surface area contributed by atoms with Crippen molar-refractivity contribution in [2.24, 2.45) is 0 Å². The van der Waals surface area contributed by atoms with Gasteiger partial charge in [-0.2, -0.15) is 0 Å². The lowest BCUT2D eigenvalue weighted by molar-refractivity contribution is 0.247. The van der Waals surface area contributed by atoms with E-state index in [1.54, 1.807) is 13.0 Å². The Morgan fingerprint density at radius 2 is 2.14 bits per heavy atom. The summed E-state index contributed by atoms with van der Waals surface area (Å²) in [4.78, 5) is 11.8.